The average Bonchev–Trinajstić information content (AvgIpc) is 2.63. The molecule has 2 heterocycles. The number of quaternary nitrogens is 2. The van der Waals surface area contributed by atoms with Gasteiger partial charge in [-0.25, -0.2) is 0 Å². The molecule has 5 heteroatoms. The van der Waals surface area contributed by atoms with Crippen molar-refractivity contribution in [3.63, 3.8) is 0 Å². The Morgan fingerprint density at radius 2 is 1.88 bits per heavy atom. The number of hydrogen-bond acceptors (Lipinski definition) is 2. The molecule has 1 aromatic carbocycles. The van der Waals surface area contributed by atoms with Gasteiger partial charge in [0.15, 0.2) is 6.54 Å². The molecule has 0 aromatic heterocycles. The molecule has 25 heavy (non-hydrogen) atoms. The fraction of sp³-hybridized carbons (Fsp3) is 0.650. The van der Waals surface area contributed by atoms with Gasteiger partial charge in [-0.2, -0.15) is 0 Å². The number of methoxy groups -OCH3 is 1. The Bertz CT molecular complexity index is 576. The SMILES string of the molecule is COc1ccc(C)cc1NC(=O)C[NH+]1CCC([NH+]2CCCCC2)CC1. The van der Waals surface area contributed by atoms with Crippen molar-refractivity contribution in [2.24, 2.45) is 0 Å². The van der Waals surface area contributed by atoms with E-state index in [9.17, 15) is 4.79 Å². The average molecular weight is 348 g/mol. The lowest BCUT2D eigenvalue weighted by Crippen LogP contribution is -3.21. The van der Waals surface area contributed by atoms with Crippen LogP contribution >= 0.6 is 0 Å². The van der Waals surface area contributed by atoms with Crippen LogP contribution in [-0.4, -0.2) is 51.8 Å². The second kappa shape index (κ2) is 8.68. The van der Waals surface area contributed by atoms with Gasteiger partial charge in [-0.3, -0.25) is 4.79 Å². The number of carbonyl (C=O) groups excluding carboxylic acids is 1. The minimum Gasteiger partial charge on any atom is -0.495 e. The number of hydrogen-bond donors (Lipinski definition) is 3. The largest absolute Gasteiger partial charge is 0.495 e. The smallest absolute Gasteiger partial charge is 0.279 e. The molecule has 1 aromatic rings. The number of piperidine rings is 2. The van der Waals surface area contributed by atoms with Crippen molar-refractivity contribution >= 4 is 11.6 Å². The molecule has 3 N–H and O–H groups in total. The summed E-state index contributed by atoms with van der Waals surface area (Å²) in [5.74, 6) is 0.809. The lowest BCUT2D eigenvalue weighted by Gasteiger charge is -2.35. The summed E-state index contributed by atoms with van der Waals surface area (Å²) in [5, 5.41) is 3.03. The minimum absolute atomic E-state index is 0.0858. The summed E-state index contributed by atoms with van der Waals surface area (Å²) >= 11 is 0. The molecule has 0 unspecified atom stereocenters. The molecule has 2 fully saturated rings. The maximum absolute atomic E-state index is 12.5. The van der Waals surface area contributed by atoms with Gasteiger partial charge < -0.3 is 19.9 Å². The van der Waals surface area contributed by atoms with E-state index in [2.05, 4.69) is 5.32 Å². The van der Waals surface area contributed by atoms with Gasteiger partial charge in [-0.05, 0) is 43.9 Å². The quantitative estimate of drug-likeness (QED) is 0.705. The molecule has 0 aliphatic carbocycles. The Balaban J connectivity index is 1.47. The number of aryl methyl sites for hydroxylation is 1. The molecule has 1 amide bonds. The summed E-state index contributed by atoms with van der Waals surface area (Å²) in [7, 11) is 1.64. The second-order valence-electron chi connectivity index (χ2n) is 7.67. The van der Waals surface area contributed by atoms with Crippen LogP contribution in [0.3, 0.4) is 0 Å². The van der Waals surface area contributed by atoms with Gasteiger partial charge in [0, 0.05) is 12.8 Å². The molecule has 5 nitrogen and oxygen atoms in total. The van der Waals surface area contributed by atoms with Crippen LogP contribution in [0.25, 0.3) is 0 Å². The first kappa shape index (κ1) is 18.2. The Morgan fingerprint density at radius 1 is 1.16 bits per heavy atom. The number of anilines is 1. The number of nitrogens with one attached hydrogen (secondary N) is 3. The van der Waals surface area contributed by atoms with Gasteiger partial charge in [-0.15, -0.1) is 0 Å². The first-order valence-corrected chi connectivity index (χ1v) is 9.78. The van der Waals surface area contributed by atoms with Crippen LogP contribution in [0.5, 0.6) is 5.75 Å². The molecule has 0 atom stereocenters. The van der Waals surface area contributed by atoms with Crippen molar-refractivity contribution in [1.82, 2.24) is 0 Å². The highest BCUT2D eigenvalue weighted by Gasteiger charge is 2.31. The Kier molecular flexibility index (Phi) is 6.32. The number of ether oxygens (including phenoxy) is 1. The van der Waals surface area contributed by atoms with E-state index in [1.807, 2.05) is 30.0 Å². The number of rotatable bonds is 5. The highest BCUT2D eigenvalue weighted by Crippen LogP contribution is 2.24. The van der Waals surface area contributed by atoms with E-state index in [4.69, 9.17) is 4.74 Å². The van der Waals surface area contributed by atoms with Crippen molar-refractivity contribution in [2.75, 3.05) is 45.2 Å². The first-order chi connectivity index (χ1) is 12.2. The predicted molar refractivity (Wildman–Crippen MR) is 99.5 cm³/mol. The van der Waals surface area contributed by atoms with Crippen molar-refractivity contribution in [1.29, 1.82) is 0 Å². The fourth-order valence-electron chi connectivity index (χ4n) is 4.37. The molecule has 0 spiro atoms. The summed E-state index contributed by atoms with van der Waals surface area (Å²) in [6.45, 7) is 7.52. The molecule has 138 valence electrons. The number of benzene rings is 1. The van der Waals surface area contributed by atoms with E-state index in [1.165, 1.54) is 50.1 Å². The van der Waals surface area contributed by atoms with Gasteiger partial charge in [-0.1, -0.05) is 6.07 Å². The third-order valence-corrected chi connectivity index (χ3v) is 5.81. The van der Waals surface area contributed by atoms with Crippen molar-refractivity contribution in [2.45, 2.75) is 45.1 Å². The highest BCUT2D eigenvalue weighted by atomic mass is 16.5. The third-order valence-electron chi connectivity index (χ3n) is 5.81. The normalized spacial score (nSPS) is 24.7. The number of carbonyl (C=O) groups is 1. The standard InChI is InChI=1S/C20H31N3O2/c1-16-6-7-19(25-2)18(14-16)21-20(24)15-22-12-8-17(9-13-22)23-10-4-3-5-11-23/h6-7,14,17H,3-5,8-13,15H2,1-2H3,(H,21,24)/p+2. The summed E-state index contributed by atoms with van der Waals surface area (Å²) in [4.78, 5) is 15.7. The third kappa shape index (κ3) is 4.95. The molecule has 3 rings (SSSR count). The number of likely N-dealkylation sites (tertiary alicyclic amines) is 2. The summed E-state index contributed by atoms with van der Waals surface area (Å²) < 4.78 is 5.35. The fourth-order valence-corrected chi connectivity index (χ4v) is 4.37. The zero-order valence-corrected chi connectivity index (χ0v) is 15.7. The maximum atomic E-state index is 12.5. The van der Waals surface area contributed by atoms with Crippen LogP contribution in [0.15, 0.2) is 18.2 Å². The van der Waals surface area contributed by atoms with Gasteiger partial charge in [0.2, 0.25) is 0 Å². The summed E-state index contributed by atoms with van der Waals surface area (Å²) in [6, 6.07) is 6.69. The zero-order valence-electron chi connectivity index (χ0n) is 15.7. The first-order valence-electron chi connectivity index (χ1n) is 9.78. The minimum atomic E-state index is 0.0858. The maximum Gasteiger partial charge on any atom is 0.279 e. The van der Waals surface area contributed by atoms with Gasteiger partial charge in [0.25, 0.3) is 5.91 Å². The van der Waals surface area contributed by atoms with Crippen LogP contribution in [0.2, 0.25) is 0 Å². The molecule has 0 radical (unpaired) electrons. The van der Waals surface area contributed by atoms with Crippen molar-refractivity contribution in [3.8, 4) is 5.75 Å². The molecular weight excluding hydrogens is 314 g/mol. The zero-order chi connectivity index (χ0) is 17.6. The molecular formula is C20H33N3O2+2. The predicted octanol–water partition coefficient (Wildman–Crippen LogP) is 0.0582. The molecule has 0 bridgehead atoms. The summed E-state index contributed by atoms with van der Waals surface area (Å²) in [6.07, 6.45) is 6.71. The van der Waals surface area contributed by atoms with Crippen LogP contribution < -0.4 is 19.9 Å². The van der Waals surface area contributed by atoms with Gasteiger partial charge >= 0.3 is 0 Å². The van der Waals surface area contributed by atoms with E-state index in [1.54, 1.807) is 7.11 Å². The van der Waals surface area contributed by atoms with E-state index in [-0.39, 0.29) is 5.91 Å². The van der Waals surface area contributed by atoms with Crippen LogP contribution in [0, 0.1) is 6.92 Å². The van der Waals surface area contributed by atoms with Crippen LogP contribution in [-0.2, 0) is 4.79 Å². The van der Waals surface area contributed by atoms with Gasteiger partial charge in [0.1, 0.15) is 5.75 Å². The van der Waals surface area contributed by atoms with E-state index in [0.29, 0.717) is 6.54 Å². The molecule has 2 aliphatic heterocycles. The monoisotopic (exact) mass is 347 g/mol. The second-order valence-corrected chi connectivity index (χ2v) is 7.67. The van der Waals surface area contributed by atoms with Crippen molar-refractivity contribution in [3.05, 3.63) is 23.8 Å². The Hall–Kier alpha value is -1.59. The van der Waals surface area contributed by atoms with E-state index in [0.717, 1.165) is 36.1 Å². The lowest BCUT2D eigenvalue weighted by molar-refractivity contribution is -0.958. The molecule has 0 saturated carbocycles. The van der Waals surface area contributed by atoms with Gasteiger partial charge in [0.05, 0.1) is 45.0 Å². The lowest BCUT2D eigenvalue weighted by atomic mass is 10.00. The Morgan fingerprint density at radius 3 is 2.56 bits per heavy atom. The molecule has 2 aliphatic rings. The summed E-state index contributed by atoms with van der Waals surface area (Å²) in [5.41, 5.74) is 1.90. The van der Waals surface area contributed by atoms with Crippen LogP contribution in [0.1, 0.15) is 37.7 Å². The number of amides is 1. The van der Waals surface area contributed by atoms with E-state index >= 15 is 0 Å². The van der Waals surface area contributed by atoms with Crippen molar-refractivity contribution < 1.29 is 19.3 Å². The molecule has 2 saturated heterocycles. The van der Waals surface area contributed by atoms with Crippen LogP contribution in [0.4, 0.5) is 5.69 Å². The van der Waals surface area contributed by atoms with E-state index < -0.39 is 0 Å². The topological polar surface area (TPSA) is 47.2 Å². The highest BCUT2D eigenvalue weighted by molar-refractivity contribution is 5.93. The Labute approximate surface area is 151 Å².